The van der Waals surface area contributed by atoms with E-state index in [1.807, 2.05) is 36.4 Å². The highest BCUT2D eigenvalue weighted by atomic mass is 32.2. The van der Waals surface area contributed by atoms with E-state index < -0.39 is 27.8 Å². The maximum Gasteiger partial charge on any atom is 0.264 e. The SMILES string of the molecule is Nc1ccc(CC(C(=O)NS(=O)(=O)c2ccc3ccccc3c2)C(=O)N2CCC3(CC2)CC(=O)c2ccccc23)cc1. The van der Waals surface area contributed by atoms with E-state index in [9.17, 15) is 22.8 Å². The number of Topliss-reactive ketones (excluding diaryl/α,β-unsaturated/α-hetero) is 1. The fourth-order valence-corrected chi connectivity index (χ4v) is 7.34. The first-order valence-corrected chi connectivity index (χ1v) is 15.4. The Hall–Kier alpha value is -4.50. The molecule has 1 atom stereocenters. The summed E-state index contributed by atoms with van der Waals surface area (Å²) in [4.78, 5) is 41.8. The highest BCUT2D eigenvalue weighted by Crippen LogP contribution is 2.46. The van der Waals surface area contributed by atoms with Gasteiger partial charge in [0.2, 0.25) is 11.8 Å². The molecule has 0 aromatic heterocycles. The molecular formula is C33H31N3O5S. The first kappa shape index (κ1) is 27.7. The molecular weight excluding hydrogens is 550 g/mol. The average molecular weight is 582 g/mol. The predicted molar refractivity (Wildman–Crippen MR) is 160 cm³/mol. The molecule has 4 aromatic carbocycles. The molecule has 1 spiro atoms. The van der Waals surface area contributed by atoms with Crippen molar-refractivity contribution in [2.75, 3.05) is 18.8 Å². The molecule has 4 aromatic rings. The molecule has 1 saturated heterocycles. The number of nitrogens with zero attached hydrogens (tertiary/aromatic N) is 1. The van der Waals surface area contributed by atoms with Gasteiger partial charge in [-0.15, -0.1) is 0 Å². The van der Waals surface area contributed by atoms with Gasteiger partial charge in [-0.05, 0) is 65.4 Å². The molecule has 2 amide bonds. The number of carbonyl (C=O) groups excluding carboxylic acids is 3. The number of rotatable bonds is 6. The second-order valence-electron chi connectivity index (χ2n) is 11.2. The number of nitrogens with one attached hydrogen (secondary N) is 1. The van der Waals surface area contributed by atoms with Gasteiger partial charge in [0.15, 0.2) is 5.78 Å². The molecule has 6 rings (SSSR count). The summed E-state index contributed by atoms with van der Waals surface area (Å²) in [6.45, 7) is 0.729. The fraction of sp³-hybridized carbons (Fsp3) is 0.242. The third kappa shape index (κ3) is 5.16. The number of hydrogen-bond donors (Lipinski definition) is 2. The smallest absolute Gasteiger partial charge is 0.264 e. The van der Waals surface area contributed by atoms with Crippen molar-refractivity contribution >= 4 is 44.1 Å². The molecule has 1 aliphatic heterocycles. The van der Waals surface area contributed by atoms with Crippen molar-refractivity contribution in [1.29, 1.82) is 0 Å². The van der Waals surface area contributed by atoms with Crippen LogP contribution in [0.1, 0.15) is 40.7 Å². The van der Waals surface area contributed by atoms with Crippen molar-refractivity contribution < 1.29 is 22.8 Å². The first-order chi connectivity index (χ1) is 20.1. The summed E-state index contributed by atoms with van der Waals surface area (Å²) >= 11 is 0. The van der Waals surface area contributed by atoms with Crippen LogP contribution < -0.4 is 10.5 Å². The van der Waals surface area contributed by atoms with Crippen molar-refractivity contribution in [2.45, 2.75) is 36.0 Å². The highest BCUT2D eigenvalue weighted by molar-refractivity contribution is 7.90. The molecule has 2 aliphatic rings. The zero-order chi connectivity index (χ0) is 29.5. The van der Waals surface area contributed by atoms with E-state index in [0.29, 0.717) is 43.6 Å². The van der Waals surface area contributed by atoms with E-state index in [0.717, 1.165) is 21.9 Å². The van der Waals surface area contributed by atoms with Crippen LogP contribution in [0.2, 0.25) is 0 Å². The molecule has 8 nitrogen and oxygen atoms in total. The Kier molecular flexibility index (Phi) is 7.06. The number of likely N-dealkylation sites (tertiary alicyclic amines) is 1. The number of nitrogen functional groups attached to an aromatic ring is 1. The Bertz CT molecular complexity index is 1810. The zero-order valence-electron chi connectivity index (χ0n) is 23.0. The minimum atomic E-state index is -4.24. The van der Waals surface area contributed by atoms with Crippen molar-refractivity contribution in [1.82, 2.24) is 9.62 Å². The van der Waals surface area contributed by atoms with Gasteiger partial charge in [-0.25, -0.2) is 13.1 Å². The molecule has 1 aliphatic carbocycles. The van der Waals surface area contributed by atoms with Crippen LogP contribution in [0.4, 0.5) is 5.69 Å². The molecule has 1 heterocycles. The largest absolute Gasteiger partial charge is 0.399 e. The molecule has 0 saturated carbocycles. The van der Waals surface area contributed by atoms with E-state index in [4.69, 9.17) is 5.73 Å². The van der Waals surface area contributed by atoms with E-state index >= 15 is 0 Å². The van der Waals surface area contributed by atoms with Gasteiger partial charge in [0.25, 0.3) is 10.0 Å². The van der Waals surface area contributed by atoms with Crippen LogP contribution in [0, 0.1) is 5.92 Å². The van der Waals surface area contributed by atoms with Crippen molar-refractivity contribution in [2.24, 2.45) is 5.92 Å². The average Bonchev–Trinajstić information content (AvgIpc) is 3.27. The predicted octanol–water partition coefficient (Wildman–Crippen LogP) is 4.23. The van der Waals surface area contributed by atoms with Crippen LogP contribution >= 0.6 is 0 Å². The Balaban J connectivity index is 1.24. The van der Waals surface area contributed by atoms with Gasteiger partial charge < -0.3 is 10.6 Å². The minimum Gasteiger partial charge on any atom is -0.399 e. The summed E-state index contributed by atoms with van der Waals surface area (Å²) in [5.41, 5.74) is 8.50. The maximum atomic E-state index is 13.9. The standard InChI is InChI=1S/C33H31N3O5S/c34-25-12-9-22(10-13-25)19-28(31(38)35-42(40,41)26-14-11-23-5-1-2-6-24(23)20-26)32(39)36-17-15-33(16-18-36)21-30(37)27-7-3-4-8-29(27)33/h1-14,20,28H,15-19,21,34H2,(H,35,38). The Morgan fingerprint density at radius 3 is 2.29 bits per heavy atom. The number of benzene rings is 4. The lowest BCUT2D eigenvalue weighted by Gasteiger charge is -2.40. The Morgan fingerprint density at radius 2 is 1.55 bits per heavy atom. The van der Waals surface area contributed by atoms with Crippen LogP contribution in [-0.4, -0.2) is 44.0 Å². The third-order valence-corrected chi connectivity index (χ3v) is 9.97. The highest BCUT2D eigenvalue weighted by Gasteiger charge is 2.46. The van der Waals surface area contributed by atoms with Crippen LogP contribution in [0.25, 0.3) is 10.8 Å². The zero-order valence-corrected chi connectivity index (χ0v) is 23.8. The molecule has 42 heavy (non-hydrogen) atoms. The fourth-order valence-electron chi connectivity index (χ4n) is 6.29. The van der Waals surface area contributed by atoms with Crippen molar-refractivity contribution in [3.63, 3.8) is 0 Å². The van der Waals surface area contributed by atoms with Gasteiger partial charge in [0.1, 0.15) is 5.92 Å². The Morgan fingerprint density at radius 1 is 0.881 bits per heavy atom. The molecule has 9 heteroatoms. The Labute approximate surface area is 244 Å². The topological polar surface area (TPSA) is 127 Å². The van der Waals surface area contributed by atoms with Crippen LogP contribution in [0.5, 0.6) is 0 Å². The van der Waals surface area contributed by atoms with Crippen molar-refractivity contribution in [3.8, 4) is 0 Å². The summed E-state index contributed by atoms with van der Waals surface area (Å²) in [5.74, 6) is -2.47. The number of sulfonamides is 1. The van der Waals surface area contributed by atoms with Gasteiger partial charge in [-0.2, -0.15) is 0 Å². The van der Waals surface area contributed by atoms with E-state index in [1.54, 1.807) is 47.4 Å². The summed E-state index contributed by atoms with van der Waals surface area (Å²) < 4.78 is 28.8. The van der Waals surface area contributed by atoms with Gasteiger partial charge in [0.05, 0.1) is 4.90 Å². The van der Waals surface area contributed by atoms with Gasteiger partial charge >= 0.3 is 0 Å². The first-order valence-electron chi connectivity index (χ1n) is 14.0. The summed E-state index contributed by atoms with van der Waals surface area (Å²) in [6.07, 6.45) is 1.61. The lowest BCUT2D eigenvalue weighted by Crippen LogP contribution is -2.50. The molecule has 0 bridgehead atoms. The van der Waals surface area contributed by atoms with Crippen molar-refractivity contribution in [3.05, 3.63) is 108 Å². The number of ketones is 1. The van der Waals surface area contributed by atoms with E-state index in [2.05, 4.69) is 4.72 Å². The number of anilines is 1. The second-order valence-corrected chi connectivity index (χ2v) is 12.9. The number of amides is 2. The third-order valence-electron chi connectivity index (χ3n) is 8.63. The molecule has 3 N–H and O–H groups in total. The maximum absolute atomic E-state index is 13.9. The number of hydrogen-bond acceptors (Lipinski definition) is 6. The van der Waals surface area contributed by atoms with E-state index in [1.165, 1.54) is 12.1 Å². The summed E-state index contributed by atoms with van der Waals surface area (Å²) in [7, 11) is -4.24. The quantitative estimate of drug-likeness (QED) is 0.259. The van der Waals surface area contributed by atoms with E-state index in [-0.39, 0.29) is 22.5 Å². The number of nitrogens with two attached hydrogens (primary N) is 1. The number of fused-ring (bicyclic) bond motifs is 3. The van der Waals surface area contributed by atoms with Gasteiger partial charge in [-0.1, -0.05) is 66.7 Å². The number of carbonyl (C=O) groups is 3. The van der Waals surface area contributed by atoms with Crippen LogP contribution in [-0.2, 0) is 31.4 Å². The van der Waals surface area contributed by atoms with Gasteiger partial charge in [0, 0.05) is 36.2 Å². The van der Waals surface area contributed by atoms with Gasteiger partial charge in [-0.3, -0.25) is 14.4 Å². The summed E-state index contributed by atoms with van der Waals surface area (Å²) in [5, 5.41) is 1.59. The summed E-state index contributed by atoms with van der Waals surface area (Å²) in [6, 6.07) is 26.4. The second kappa shape index (κ2) is 10.7. The normalized spacial score (nSPS) is 16.8. The lowest BCUT2D eigenvalue weighted by atomic mass is 9.73. The monoisotopic (exact) mass is 581 g/mol. The van der Waals surface area contributed by atoms with Crippen LogP contribution in [0.15, 0.2) is 95.9 Å². The molecule has 0 radical (unpaired) electrons. The molecule has 214 valence electrons. The molecule has 1 fully saturated rings. The lowest BCUT2D eigenvalue weighted by molar-refractivity contribution is -0.142. The molecule has 1 unspecified atom stereocenters. The van der Waals surface area contributed by atoms with Crippen LogP contribution in [0.3, 0.4) is 0 Å². The number of piperidine rings is 1. The minimum absolute atomic E-state index is 0.0150.